The molecule has 0 bridgehead atoms. The number of carbonyl (C=O) groups is 4. The molecule has 0 aromatic heterocycles. The van der Waals surface area contributed by atoms with Crippen molar-refractivity contribution in [3.8, 4) is 0 Å². The summed E-state index contributed by atoms with van der Waals surface area (Å²) < 4.78 is 69.0. The van der Waals surface area contributed by atoms with Gasteiger partial charge in [0.15, 0.2) is 12.2 Å². The van der Waals surface area contributed by atoms with Gasteiger partial charge in [0.1, 0.15) is 19.3 Å². The van der Waals surface area contributed by atoms with E-state index in [0.29, 0.717) is 25.7 Å². The zero-order valence-corrected chi connectivity index (χ0v) is 73.8. The Bertz CT molecular complexity index is 2190. The summed E-state index contributed by atoms with van der Waals surface area (Å²) in [5.41, 5.74) is 0. The number of rotatable bonds is 88. The van der Waals surface area contributed by atoms with Crippen LogP contribution in [-0.2, 0) is 65.4 Å². The van der Waals surface area contributed by atoms with Gasteiger partial charge in [0.05, 0.1) is 26.4 Å². The molecule has 650 valence electrons. The molecule has 5 atom stereocenters. The van der Waals surface area contributed by atoms with Crippen molar-refractivity contribution in [2.24, 2.45) is 11.8 Å². The molecule has 3 N–H and O–H groups in total. The summed E-state index contributed by atoms with van der Waals surface area (Å²) >= 11 is 0. The first-order chi connectivity index (χ1) is 53.4. The molecule has 0 amide bonds. The Morgan fingerprint density at radius 1 is 0.282 bits per heavy atom. The molecule has 0 rings (SSSR count). The number of hydrogen-bond donors (Lipinski definition) is 3. The highest BCUT2D eigenvalue weighted by atomic mass is 31.2. The Kier molecular flexibility index (Phi) is 79.8. The Balaban J connectivity index is 5.26. The van der Waals surface area contributed by atoms with Crippen molar-refractivity contribution in [1.29, 1.82) is 0 Å². The fourth-order valence-electron chi connectivity index (χ4n) is 13.8. The molecule has 0 spiro atoms. The molecule has 0 saturated heterocycles. The third-order valence-corrected chi connectivity index (χ3v) is 22.7. The quantitative estimate of drug-likeness (QED) is 0.0169. The molecule has 0 radical (unpaired) electrons. The highest BCUT2D eigenvalue weighted by molar-refractivity contribution is 7.47. The lowest BCUT2D eigenvalue weighted by atomic mass is 10.0. The highest BCUT2D eigenvalue weighted by Crippen LogP contribution is 2.45. The lowest BCUT2D eigenvalue weighted by molar-refractivity contribution is -0.161. The minimum absolute atomic E-state index is 0.0850. The van der Waals surface area contributed by atoms with Crippen LogP contribution in [0.2, 0.25) is 0 Å². The summed E-state index contributed by atoms with van der Waals surface area (Å²) in [7, 11) is -9.95. The van der Waals surface area contributed by atoms with E-state index in [9.17, 15) is 43.2 Å². The van der Waals surface area contributed by atoms with Gasteiger partial charge >= 0.3 is 39.5 Å². The average molecular weight is 1600 g/mol. The van der Waals surface area contributed by atoms with Gasteiger partial charge in [0.25, 0.3) is 0 Å². The van der Waals surface area contributed by atoms with Crippen molar-refractivity contribution in [3.05, 3.63) is 24.3 Å². The van der Waals surface area contributed by atoms with Gasteiger partial charge in [0.2, 0.25) is 0 Å². The van der Waals surface area contributed by atoms with E-state index in [2.05, 4.69) is 65.8 Å². The van der Waals surface area contributed by atoms with Crippen molar-refractivity contribution in [1.82, 2.24) is 0 Å². The van der Waals surface area contributed by atoms with Crippen LogP contribution in [0.15, 0.2) is 24.3 Å². The molecule has 110 heavy (non-hydrogen) atoms. The van der Waals surface area contributed by atoms with E-state index >= 15 is 0 Å². The van der Waals surface area contributed by atoms with E-state index in [1.54, 1.807) is 0 Å². The van der Waals surface area contributed by atoms with E-state index in [1.165, 1.54) is 270 Å². The van der Waals surface area contributed by atoms with Crippen molar-refractivity contribution in [2.75, 3.05) is 39.6 Å². The number of esters is 4. The van der Waals surface area contributed by atoms with Crippen molar-refractivity contribution < 1.29 is 80.2 Å². The number of hydrogen-bond acceptors (Lipinski definition) is 15. The fourth-order valence-corrected chi connectivity index (χ4v) is 15.3. The monoisotopic (exact) mass is 1600 g/mol. The standard InChI is InChI=1S/C91H174O17P2/c1-7-9-11-13-15-17-19-21-23-24-25-26-27-28-33-37-41-45-51-58-64-70-76-91(96)107-86(79-101-88(93)73-67-61-55-49-43-39-36-32-30-29-31-35-38-42-47-53-59-65-71-83(3)4)81-105-109(97,98)103-77-85(92)78-104-110(99,100)106-82-87(80-102-89(94)74-68-62-56-52-46-48-54-60-66-72-84(5)6)108-90(95)75-69-63-57-50-44-40-34-22-20-18-16-14-12-10-8-2/h18,20,22,34,83-87,92H,7-17,19,21,23-33,35-82H2,1-6H3,(H,97,98)(H,99,100)/b20-18-,34-22-/t85-,86-,87-/m1/s1. The number of phosphoric acid groups is 2. The number of phosphoric ester groups is 2. The van der Waals surface area contributed by atoms with Crippen molar-refractivity contribution in [2.45, 2.75) is 484 Å². The van der Waals surface area contributed by atoms with E-state index in [1.807, 2.05) is 0 Å². The van der Waals surface area contributed by atoms with Crippen LogP contribution in [0.5, 0.6) is 0 Å². The smallest absolute Gasteiger partial charge is 0.462 e. The maximum Gasteiger partial charge on any atom is 0.472 e. The third kappa shape index (κ3) is 83.5. The topological polar surface area (TPSA) is 237 Å². The minimum Gasteiger partial charge on any atom is -0.462 e. The lowest BCUT2D eigenvalue weighted by Gasteiger charge is -2.21. The van der Waals surface area contributed by atoms with Gasteiger partial charge in [-0.05, 0) is 63.2 Å². The molecular formula is C91H174O17P2. The maximum atomic E-state index is 13.2. The van der Waals surface area contributed by atoms with Crippen LogP contribution in [-0.4, -0.2) is 96.7 Å². The SMILES string of the molecule is CCCCCC/C=C\C=C/CCCCCCCC(=O)O[C@H](COC(=O)CCCCCCCCCCCC(C)C)COP(=O)(O)OC[C@H](O)COP(=O)(O)OC[C@@H](COC(=O)CCCCCCCCCCCCCCCCCCCCC(C)C)OC(=O)CCCCCCCCCCCCCCCCCCCCCCCC. The molecule has 0 heterocycles. The molecule has 0 aliphatic rings. The first kappa shape index (κ1) is 108. The number of aliphatic hydroxyl groups is 1. The number of unbranched alkanes of at least 4 members (excludes halogenated alkanes) is 55. The molecule has 0 fully saturated rings. The predicted molar refractivity (Wildman–Crippen MR) is 455 cm³/mol. The van der Waals surface area contributed by atoms with Crippen molar-refractivity contribution >= 4 is 39.5 Å². The summed E-state index contributed by atoms with van der Waals surface area (Å²) in [6.07, 6.45) is 78.8. The molecule has 17 nitrogen and oxygen atoms in total. The molecule has 0 aliphatic carbocycles. The summed E-state index contributed by atoms with van der Waals surface area (Å²) in [5.74, 6) is -0.565. The second-order valence-electron chi connectivity index (χ2n) is 33.0. The second-order valence-corrected chi connectivity index (χ2v) is 35.9. The van der Waals surface area contributed by atoms with E-state index in [4.69, 9.17) is 37.0 Å². The summed E-state index contributed by atoms with van der Waals surface area (Å²) in [6.45, 7) is 9.64. The van der Waals surface area contributed by atoms with Crippen LogP contribution in [0.1, 0.15) is 465 Å². The van der Waals surface area contributed by atoms with Gasteiger partial charge in [-0.1, -0.05) is 413 Å². The first-order valence-corrected chi connectivity index (χ1v) is 49.3. The summed E-state index contributed by atoms with van der Waals surface area (Å²) in [4.78, 5) is 73.4. The number of ether oxygens (including phenoxy) is 4. The molecule has 0 aliphatic heterocycles. The van der Waals surface area contributed by atoms with Crippen LogP contribution in [0, 0.1) is 11.8 Å². The summed E-state index contributed by atoms with van der Waals surface area (Å²) in [5, 5.41) is 10.7. The van der Waals surface area contributed by atoms with Crippen LogP contribution in [0.4, 0.5) is 0 Å². The normalized spacial score (nSPS) is 13.9. The van der Waals surface area contributed by atoms with Crippen LogP contribution in [0.25, 0.3) is 0 Å². The largest absolute Gasteiger partial charge is 0.472 e. The molecule has 2 unspecified atom stereocenters. The second kappa shape index (κ2) is 81.7. The molecule has 19 heteroatoms. The van der Waals surface area contributed by atoms with E-state index in [0.717, 1.165) is 115 Å². The molecule has 0 aromatic carbocycles. The molecular weight excluding hydrogens is 1430 g/mol. The fraction of sp³-hybridized carbons (Fsp3) is 0.912. The van der Waals surface area contributed by atoms with Crippen LogP contribution < -0.4 is 0 Å². The van der Waals surface area contributed by atoms with Gasteiger partial charge < -0.3 is 33.8 Å². The molecule has 0 saturated carbocycles. The third-order valence-electron chi connectivity index (χ3n) is 20.8. The number of carbonyl (C=O) groups excluding carboxylic acids is 4. The number of aliphatic hydroxyl groups excluding tert-OH is 1. The van der Waals surface area contributed by atoms with Gasteiger partial charge in [-0.15, -0.1) is 0 Å². The number of allylic oxidation sites excluding steroid dienone is 4. The summed E-state index contributed by atoms with van der Waals surface area (Å²) in [6, 6.07) is 0. The lowest BCUT2D eigenvalue weighted by Crippen LogP contribution is -2.30. The first-order valence-electron chi connectivity index (χ1n) is 46.3. The predicted octanol–water partition coefficient (Wildman–Crippen LogP) is 27.7. The Morgan fingerprint density at radius 2 is 0.491 bits per heavy atom. The van der Waals surface area contributed by atoms with Crippen LogP contribution >= 0.6 is 15.6 Å². The zero-order valence-electron chi connectivity index (χ0n) is 72.1. The van der Waals surface area contributed by atoms with Crippen LogP contribution in [0.3, 0.4) is 0 Å². The van der Waals surface area contributed by atoms with Gasteiger partial charge in [-0.2, -0.15) is 0 Å². The average Bonchev–Trinajstić information content (AvgIpc) is 0.899. The van der Waals surface area contributed by atoms with Crippen molar-refractivity contribution in [3.63, 3.8) is 0 Å². The Hall–Kier alpha value is -2.46. The molecule has 0 aromatic rings. The van der Waals surface area contributed by atoms with Gasteiger partial charge in [-0.3, -0.25) is 37.3 Å². The Labute approximate surface area is 675 Å². The zero-order chi connectivity index (χ0) is 80.6. The van der Waals surface area contributed by atoms with Gasteiger partial charge in [-0.25, -0.2) is 9.13 Å². The van der Waals surface area contributed by atoms with Gasteiger partial charge in [0, 0.05) is 25.7 Å². The van der Waals surface area contributed by atoms with E-state index in [-0.39, 0.29) is 25.7 Å². The Morgan fingerprint density at radius 3 is 0.745 bits per heavy atom. The van der Waals surface area contributed by atoms with E-state index < -0.39 is 97.5 Å². The maximum absolute atomic E-state index is 13.2. The minimum atomic E-state index is -4.97. The highest BCUT2D eigenvalue weighted by Gasteiger charge is 2.31.